The zero-order chi connectivity index (χ0) is 17.0. The minimum Gasteiger partial charge on any atom is -0.198 e. The van der Waals surface area contributed by atoms with Gasteiger partial charge in [0.05, 0.1) is 24.0 Å². The standard InChI is InChI=1S/C17H10Cl4N2/c18-12-1-3-14(16(20)6-12)10(8-22)5-11(9-23)15-4-2-13(19)7-17(15)21/h1-4,6-7,10-11H,5H2. The Labute approximate surface area is 154 Å². The van der Waals surface area contributed by atoms with Gasteiger partial charge >= 0.3 is 0 Å². The second-order valence-corrected chi connectivity index (χ2v) is 6.62. The molecule has 0 saturated heterocycles. The molecule has 0 aliphatic rings. The lowest BCUT2D eigenvalue weighted by atomic mass is 9.86. The number of nitrogens with zero attached hydrogens (tertiary/aromatic N) is 2. The molecule has 2 aromatic carbocycles. The number of nitriles is 2. The van der Waals surface area contributed by atoms with Crippen LogP contribution < -0.4 is 0 Å². The summed E-state index contributed by atoms with van der Waals surface area (Å²) in [7, 11) is 0. The molecular formula is C17H10Cl4N2. The molecule has 0 saturated carbocycles. The molecule has 2 atom stereocenters. The van der Waals surface area contributed by atoms with Gasteiger partial charge in [-0.1, -0.05) is 58.5 Å². The first-order chi connectivity index (χ1) is 11.0. The van der Waals surface area contributed by atoms with Crippen molar-refractivity contribution in [3.05, 3.63) is 67.6 Å². The molecule has 0 bridgehead atoms. The molecule has 2 unspecified atom stereocenters. The van der Waals surface area contributed by atoms with Crippen LogP contribution in [0.5, 0.6) is 0 Å². The summed E-state index contributed by atoms with van der Waals surface area (Å²) in [6.07, 6.45) is 0.274. The van der Waals surface area contributed by atoms with Crippen molar-refractivity contribution in [1.82, 2.24) is 0 Å². The lowest BCUT2D eigenvalue weighted by Crippen LogP contribution is -2.05. The maximum atomic E-state index is 9.47. The van der Waals surface area contributed by atoms with Gasteiger partial charge in [0.1, 0.15) is 0 Å². The first kappa shape index (κ1) is 17.9. The average Bonchev–Trinajstić information content (AvgIpc) is 2.50. The predicted molar refractivity (Wildman–Crippen MR) is 94.2 cm³/mol. The van der Waals surface area contributed by atoms with E-state index in [9.17, 15) is 10.5 Å². The Hall–Kier alpha value is -1.42. The maximum Gasteiger partial charge on any atom is 0.0742 e. The van der Waals surface area contributed by atoms with Crippen molar-refractivity contribution < 1.29 is 0 Å². The summed E-state index contributed by atoms with van der Waals surface area (Å²) >= 11 is 24.1. The molecule has 0 amide bonds. The molecule has 2 aromatic rings. The van der Waals surface area contributed by atoms with Crippen molar-refractivity contribution in [1.29, 1.82) is 10.5 Å². The normalized spacial score (nSPS) is 13.0. The first-order valence-electron chi connectivity index (χ1n) is 6.65. The second kappa shape index (κ2) is 7.91. The molecule has 2 rings (SSSR count). The van der Waals surface area contributed by atoms with Gasteiger partial charge in [-0.3, -0.25) is 0 Å². The molecule has 0 fully saturated rings. The Kier molecular flexibility index (Phi) is 6.17. The number of benzene rings is 2. The summed E-state index contributed by atoms with van der Waals surface area (Å²) < 4.78 is 0. The van der Waals surface area contributed by atoms with Crippen LogP contribution >= 0.6 is 46.4 Å². The molecular weight excluding hydrogens is 374 g/mol. The largest absolute Gasteiger partial charge is 0.198 e. The van der Waals surface area contributed by atoms with Crippen LogP contribution in [-0.2, 0) is 0 Å². The second-order valence-electron chi connectivity index (χ2n) is 4.93. The topological polar surface area (TPSA) is 47.6 Å². The minimum absolute atomic E-state index is 0.274. The van der Waals surface area contributed by atoms with E-state index in [1.54, 1.807) is 36.4 Å². The SMILES string of the molecule is N#CC(CC(C#N)c1ccc(Cl)cc1Cl)c1ccc(Cl)cc1Cl. The third-order valence-electron chi connectivity index (χ3n) is 3.46. The third-order valence-corrected chi connectivity index (χ3v) is 4.58. The molecule has 0 aliphatic carbocycles. The van der Waals surface area contributed by atoms with Crippen LogP contribution in [0.25, 0.3) is 0 Å². The number of halogens is 4. The van der Waals surface area contributed by atoms with E-state index in [1.807, 2.05) is 0 Å². The Balaban J connectivity index is 2.33. The van der Waals surface area contributed by atoms with Gasteiger partial charge in [0.25, 0.3) is 0 Å². The Morgan fingerprint density at radius 1 is 0.739 bits per heavy atom. The molecule has 23 heavy (non-hydrogen) atoms. The molecule has 0 aliphatic heterocycles. The lowest BCUT2D eigenvalue weighted by molar-refractivity contribution is 0.690. The number of hydrogen-bond acceptors (Lipinski definition) is 2. The molecule has 6 heteroatoms. The van der Waals surface area contributed by atoms with E-state index in [0.29, 0.717) is 31.2 Å². The third kappa shape index (κ3) is 4.31. The zero-order valence-corrected chi connectivity index (χ0v) is 14.8. The van der Waals surface area contributed by atoms with Crippen molar-refractivity contribution in [2.75, 3.05) is 0 Å². The lowest BCUT2D eigenvalue weighted by Gasteiger charge is -2.16. The molecule has 116 valence electrons. The quantitative estimate of drug-likeness (QED) is 0.596. The molecule has 2 nitrogen and oxygen atoms in total. The highest BCUT2D eigenvalue weighted by atomic mass is 35.5. The van der Waals surface area contributed by atoms with Crippen LogP contribution in [0.3, 0.4) is 0 Å². The number of rotatable bonds is 4. The maximum absolute atomic E-state index is 9.47. The predicted octanol–water partition coefficient (Wildman–Crippen LogP) is 6.60. The van der Waals surface area contributed by atoms with Gasteiger partial charge in [-0.15, -0.1) is 0 Å². The van der Waals surface area contributed by atoms with E-state index in [1.165, 1.54) is 0 Å². The van der Waals surface area contributed by atoms with Crippen molar-refractivity contribution >= 4 is 46.4 Å². The Morgan fingerprint density at radius 2 is 1.13 bits per heavy atom. The van der Waals surface area contributed by atoms with E-state index >= 15 is 0 Å². The number of hydrogen-bond donors (Lipinski definition) is 0. The smallest absolute Gasteiger partial charge is 0.0742 e. The van der Waals surface area contributed by atoms with Gasteiger partial charge in [-0.25, -0.2) is 0 Å². The van der Waals surface area contributed by atoms with E-state index in [-0.39, 0.29) is 6.42 Å². The fraction of sp³-hybridized carbons (Fsp3) is 0.176. The fourth-order valence-corrected chi connectivity index (χ4v) is 3.38. The molecule has 0 radical (unpaired) electrons. The van der Waals surface area contributed by atoms with Gasteiger partial charge < -0.3 is 0 Å². The Morgan fingerprint density at radius 3 is 1.43 bits per heavy atom. The molecule has 0 N–H and O–H groups in total. The van der Waals surface area contributed by atoms with Gasteiger partial charge in [0.2, 0.25) is 0 Å². The van der Waals surface area contributed by atoms with Crippen molar-refractivity contribution in [2.45, 2.75) is 18.3 Å². The van der Waals surface area contributed by atoms with Crippen LogP contribution in [0.1, 0.15) is 29.4 Å². The highest BCUT2D eigenvalue weighted by Crippen LogP contribution is 2.36. The van der Waals surface area contributed by atoms with Crippen LogP contribution in [0.4, 0.5) is 0 Å². The summed E-state index contributed by atoms with van der Waals surface area (Å²) in [5, 5.41) is 20.7. The van der Waals surface area contributed by atoms with Crippen LogP contribution in [0, 0.1) is 22.7 Å². The highest BCUT2D eigenvalue weighted by Gasteiger charge is 2.23. The summed E-state index contributed by atoms with van der Waals surface area (Å²) in [5.41, 5.74) is 1.29. The fourth-order valence-electron chi connectivity index (χ4n) is 2.30. The van der Waals surface area contributed by atoms with Gasteiger partial charge in [-0.05, 0) is 41.8 Å². The van der Waals surface area contributed by atoms with Gasteiger partial charge in [0, 0.05) is 20.1 Å². The van der Waals surface area contributed by atoms with Crippen molar-refractivity contribution in [3.8, 4) is 12.1 Å². The molecule has 0 aromatic heterocycles. The van der Waals surface area contributed by atoms with Crippen molar-refractivity contribution in [3.63, 3.8) is 0 Å². The van der Waals surface area contributed by atoms with E-state index in [2.05, 4.69) is 12.1 Å². The van der Waals surface area contributed by atoms with Crippen LogP contribution in [0.15, 0.2) is 36.4 Å². The van der Waals surface area contributed by atoms with E-state index in [0.717, 1.165) is 0 Å². The first-order valence-corrected chi connectivity index (χ1v) is 8.16. The van der Waals surface area contributed by atoms with Crippen LogP contribution in [0.2, 0.25) is 20.1 Å². The minimum atomic E-state index is -0.545. The monoisotopic (exact) mass is 382 g/mol. The van der Waals surface area contributed by atoms with E-state index < -0.39 is 11.8 Å². The van der Waals surface area contributed by atoms with Crippen LogP contribution in [-0.4, -0.2) is 0 Å². The summed E-state index contributed by atoms with van der Waals surface area (Å²) in [4.78, 5) is 0. The van der Waals surface area contributed by atoms with Gasteiger partial charge in [-0.2, -0.15) is 10.5 Å². The summed E-state index contributed by atoms with van der Waals surface area (Å²) in [6, 6.07) is 14.3. The highest BCUT2D eigenvalue weighted by molar-refractivity contribution is 6.35. The van der Waals surface area contributed by atoms with E-state index in [4.69, 9.17) is 46.4 Å². The zero-order valence-electron chi connectivity index (χ0n) is 11.7. The molecule has 0 heterocycles. The summed E-state index contributed by atoms with van der Waals surface area (Å²) in [6.45, 7) is 0. The summed E-state index contributed by atoms with van der Waals surface area (Å²) in [5.74, 6) is -1.09. The van der Waals surface area contributed by atoms with Gasteiger partial charge in [0.15, 0.2) is 0 Å². The molecule has 0 spiro atoms. The Bertz CT molecular complexity index is 738. The average molecular weight is 384 g/mol. The van der Waals surface area contributed by atoms with Crippen molar-refractivity contribution in [2.24, 2.45) is 0 Å².